The van der Waals surface area contributed by atoms with Crippen LogP contribution in [0.1, 0.15) is 37.5 Å². The molecule has 2 aromatic carbocycles. The van der Waals surface area contributed by atoms with Crippen LogP contribution < -0.4 is 15.1 Å². The van der Waals surface area contributed by atoms with Gasteiger partial charge in [0.25, 0.3) is 11.8 Å². The molecule has 0 bridgehead atoms. The van der Waals surface area contributed by atoms with E-state index in [0.29, 0.717) is 5.69 Å². The number of imide groups is 2. The van der Waals surface area contributed by atoms with Gasteiger partial charge in [0.05, 0.1) is 11.2 Å². The molecule has 31 heavy (non-hydrogen) atoms. The Morgan fingerprint density at radius 2 is 1.68 bits per heavy atom. The third-order valence-corrected chi connectivity index (χ3v) is 6.01. The first-order valence-corrected chi connectivity index (χ1v) is 10.1. The highest BCUT2D eigenvalue weighted by atomic mass is 16.2. The highest BCUT2D eigenvalue weighted by Gasteiger charge is 2.37. The zero-order valence-corrected chi connectivity index (χ0v) is 18.3. The summed E-state index contributed by atoms with van der Waals surface area (Å²) in [7, 11) is 2.05. The molecule has 6 nitrogen and oxygen atoms in total. The maximum atomic E-state index is 13.2. The van der Waals surface area contributed by atoms with Crippen molar-refractivity contribution in [1.82, 2.24) is 5.32 Å². The maximum absolute atomic E-state index is 13.2. The molecule has 2 aliphatic heterocycles. The van der Waals surface area contributed by atoms with Gasteiger partial charge in [0, 0.05) is 18.3 Å². The fourth-order valence-electron chi connectivity index (χ4n) is 4.12. The Balaban J connectivity index is 1.76. The minimum Gasteiger partial charge on any atom is -0.366 e. The number of likely N-dealkylation sites (N-methyl/N-ethyl adjacent to an activating group) is 1. The number of anilines is 2. The topological polar surface area (TPSA) is 69.7 Å². The van der Waals surface area contributed by atoms with Gasteiger partial charge in [0.2, 0.25) is 0 Å². The third kappa shape index (κ3) is 3.44. The lowest BCUT2D eigenvalue weighted by molar-refractivity contribution is -0.122. The second-order valence-electron chi connectivity index (χ2n) is 8.56. The fraction of sp³-hybridized carbons (Fsp3) is 0.240. The number of carbonyl (C=O) groups excluding carboxylic acids is 3. The molecule has 4 amide bonds. The average molecular weight is 415 g/mol. The average Bonchev–Trinajstić information content (AvgIpc) is 2.70. The summed E-state index contributed by atoms with van der Waals surface area (Å²) in [5, 5.41) is 2.28. The van der Waals surface area contributed by atoms with E-state index in [1.807, 2.05) is 44.3 Å². The van der Waals surface area contributed by atoms with Crippen LogP contribution in [-0.4, -0.2) is 30.4 Å². The van der Waals surface area contributed by atoms with Crippen LogP contribution in [0.2, 0.25) is 0 Å². The van der Waals surface area contributed by atoms with Crippen molar-refractivity contribution in [3.05, 3.63) is 70.8 Å². The number of barbiturate groups is 1. The van der Waals surface area contributed by atoms with Crippen molar-refractivity contribution in [2.45, 2.75) is 33.2 Å². The Morgan fingerprint density at radius 1 is 0.968 bits per heavy atom. The van der Waals surface area contributed by atoms with Crippen LogP contribution >= 0.6 is 0 Å². The minimum atomic E-state index is -0.741. The largest absolute Gasteiger partial charge is 0.366 e. The third-order valence-electron chi connectivity index (χ3n) is 6.01. The van der Waals surface area contributed by atoms with Gasteiger partial charge in [0.1, 0.15) is 5.57 Å². The monoisotopic (exact) mass is 415 g/mol. The molecule has 6 heteroatoms. The predicted octanol–water partition coefficient (Wildman–Crippen LogP) is 4.29. The number of fused-ring (bicyclic) bond motifs is 1. The van der Waals surface area contributed by atoms with Crippen molar-refractivity contribution in [1.29, 1.82) is 0 Å². The zero-order chi connectivity index (χ0) is 22.5. The van der Waals surface area contributed by atoms with Gasteiger partial charge < -0.3 is 4.90 Å². The van der Waals surface area contributed by atoms with Crippen molar-refractivity contribution in [3.63, 3.8) is 0 Å². The summed E-state index contributed by atoms with van der Waals surface area (Å²) in [4.78, 5) is 41.3. The molecular formula is C25H25N3O3. The molecule has 4 rings (SSSR count). The second-order valence-corrected chi connectivity index (χ2v) is 8.56. The number of hydrogen-bond donors (Lipinski definition) is 1. The molecule has 0 saturated carbocycles. The fourth-order valence-corrected chi connectivity index (χ4v) is 4.12. The van der Waals surface area contributed by atoms with Gasteiger partial charge in [-0.15, -0.1) is 0 Å². The quantitative estimate of drug-likeness (QED) is 0.587. The number of para-hydroxylation sites is 1. The lowest BCUT2D eigenvalue weighted by Gasteiger charge is -2.40. The first-order chi connectivity index (χ1) is 14.6. The molecule has 0 unspecified atom stereocenters. The van der Waals surface area contributed by atoms with Crippen molar-refractivity contribution in [2.75, 3.05) is 16.8 Å². The van der Waals surface area contributed by atoms with Gasteiger partial charge in [-0.1, -0.05) is 30.3 Å². The lowest BCUT2D eigenvalue weighted by atomic mass is 9.88. The number of nitrogens with zero attached hydrogens (tertiary/aromatic N) is 2. The number of benzene rings is 2. The molecule has 0 spiro atoms. The Morgan fingerprint density at radius 3 is 2.39 bits per heavy atom. The molecule has 0 aliphatic carbocycles. The van der Waals surface area contributed by atoms with Crippen LogP contribution in [0.4, 0.5) is 16.2 Å². The molecule has 0 aromatic heterocycles. The van der Waals surface area contributed by atoms with E-state index in [-0.39, 0.29) is 11.1 Å². The van der Waals surface area contributed by atoms with Gasteiger partial charge >= 0.3 is 6.03 Å². The second kappa shape index (κ2) is 7.23. The minimum absolute atomic E-state index is 0.0751. The molecule has 1 saturated heterocycles. The van der Waals surface area contributed by atoms with Crippen LogP contribution in [0.25, 0.3) is 11.6 Å². The zero-order valence-electron chi connectivity index (χ0n) is 18.3. The van der Waals surface area contributed by atoms with Crippen molar-refractivity contribution < 1.29 is 14.4 Å². The molecular weight excluding hydrogens is 390 g/mol. The first-order valence-electron chi connectivity index (χ1n) is 10.1. The number of aryl methyl sites for hydroxylation is 1. The molecule has 2 aliphatic rings. The molecule has 158 valence electrons. The summed E-state index contributed by atoms with van der Waals surface area (Å²) in [6.45, 7) is 8.17. The van der Waals surface area contributed by atoms with E-state index in [1.54, 1.807) is 18.2 Å². The Hall–Kier alpha value is -3.67. The molecule has 1 N–H and O–H groups in total. The van der Waals surface area contributed by atoms with Gasteiger partial charge in [-0.3, -0.25) is 14.9 Å². The Kier molecular flexibility index (Phi) is 4.81. The van der Waals surface area contributed by atoms with E-state index in [0.717, 1.165) is 32.9 Å². The summed E-state index contributed by atoms with van der Waals surface area (Å²) in [5.41, 5.74) is 5.02. The number of carbonyl (C=O) groups is 3. The van der Waals surface area contributed by atoms with Gasteiger partial charge in [0.15, 0.2) is 0 Å². The van der Waals surface area contributed by atoms with Crippen molar-refractivity contribution in [3.8, 4) is 0 Å². The SMILES string of the molecule is CC1=CC(C)(C)N(C)c2ccc(/C=C3/C(=O)NC(=O)N(c4ccccc4C)C3=O)cc21. The van der Waals surface area contributed by atoms with Gasteiger partial charge in [-0.2, -0.15) is 0 Å². The number of hydrogen-bond acceptors (Lipinski definition) is 4. The van der Waals surface area contributed by atoms with E-state index < -0.39 is 17.8 Å². The summed E-state index contributed by atoms with van der Waals surface area (Å²) in [6, 6.07) is 12.2. The van der Waals surface area contributed by atoms with E-state index in [9.17, 15) is 14.4 Å². The summed E-state index contributed by atoms with van der Waals surface area (Å²) in [5.74, 6) is -1.32. The summed E-state index contributed by atoms with van der Waals surface area (Å²) < 4.78 is 0. The molecule has 2 aromatic rings. The molecule has 0 atom stereocenters. The van der Waals surface area contributed by atoms with Crippen molar-refractivity contribution in [2.24, 2.45) is 0 Å². The number of amides is 4. The predicted molar refractivity (Wildman–Crippen MR) is 123 cm³/mol. The summed E-state index contributed by atoms with van der Waals surface area (Å²) >= 11 is 0. The van der Waals surface area contributed by atoms with E-state index >= 15 is 0 Å². The Labute approximate surface area is 181 Å². The first kappa shape index (κ1) is 20.6. The highest BCUT2D eigenvalue weighted by Crippen LogP contribution is 2.38. The molecule has 0 radical (unpaired) electrons. The number of allylic oxidation sites excluding steroid dienone is 1. The molecule has 2 heterocycles. The number of urea groups is 1. The van der Waals surface area contributed by atoms with Crippen molar-refractivity contribution >= 4 is 40.9 Å². The van der Waals surface area contributed by atoms with Gasteiger partial charge in [-0.05, 0) is 68.7 Å². The van der Waals surface area contributed by atoms with Crippen LogP contribution in [0.3, 0.4) is 0 Å². The van der Waals surface area contributed by atoms with E-state index in [4.69, 9.17) is 0 Å². The van der Waals surface area contributed by atoms with Crippen LogP contribution in [-0.2, 0) is 9.59 Å². The number of nitrogens with one attached hydrogen (secondary N) is 1. The lowest BCUT2D eigenvalue weighted by Crippen LogP contribution is -2.54. The molecule has 1 fully saturated rings. The van der Waals surface area contributed by atoms with Crippen LogP contribution in [0.5, 0.6) is 0 Å². The normalized spacial score (nSPS) is 19.3. The van der Waals surface area contributed by atoms with E-state index in [2.05, 4.69) is 37.1 Å². The Bertz CT molecular complexity index is 1190. The standard InChI is InChI=1S/C25H25N3O3/c1-15-8-6-7-9-20(15)28-23(30)19(22(29)26-24(28)31)13-17-10-11-21-18(12-17)16(2)14-25(3,4)27(21)5/h6-14H,1-5H3,(H,26,29,31)/b19-13-. The maximum Gasteiger partial charge on any atom is 0.335 e. The van der Waals surface area contributed by atoms with E-state index in [1.165, 1.54) is 0 Å². The van der Waals surface area contributed by atoms with Gasteiger partial charge in [-0.25, -0.2) is 9.69 Å². The summed E-state index contributed by atoms with van der Waals surface area (Å²) in [6.07, 6.45) is 3.74. The number of rotatable bonds is 2. The van der Waals surface area contributed by atoms with Crippen LogP contribution in [0.15, 0.2) is 54.1 Å². The smallest absolute Gasteiger partial charge is 0.335 e. The van der Waals surface area contributed by atoms with Crippen LogP contribution in [0, 0.1) is 6.92 Å². The highest BCUT2D eigenvalue weighted by molar-refractivity contribution is 6.39.